The van der Waals surface area contributed by atoms with Gasteiger partial charge in [-0.2, -0.15) is 0 Å². The number of hydrogen-bond acceptors (Lipinski definition) is 1. The molecule has 1 radical (unpaired) electrons. The van der Waals surface area contributed by atoms with Gasteiger partial charge in [0.15, 0.2) is 0 Å². The van der Waals surface area contributed by atoms with Crippen LogP contribution in [-0.4, -0.2) is 24.4 Å². The summed E-state index contributed by atoms with van der Waals surface area (Å²) in [5, 5.41) is 0. The summed E-state index contributed by atoms with van der Waals surface area (Å²) < 4.78 is 0. The second kappa shape index (κ2) is 14.5. The van der Waals surface area contributed by atoms with Gasteiger partial charge in [0.1, 0.15) is 0 Å². The van der Waals surface area contributed by atoms with Gasteiger partial charge in [0, 0.05) is 13.1 Å². The summed E-state index contributed by atoms with van der Waals surface area (Å²) in [6, 6.07) is 0. The zero-order chi connectivity index (χ0) is 13.5. The molecular weight excluding hydrogens is 222 g/mol. The Balaban J connectivity index is 3.13. The Bertz CT molecular complexity index is 170. The van der Waals surface area contributed by atoms with Crippen molar-refractivity contribution >= 4 is 6.41 Å². The van der Waals surface area contributed by atoms with Crippen molar-refractivity contribution in [1.82, 2.24) is 4.90 Å². The normalized spacial score (nSPS) is 10.6. The van der Waals surface area contributed by atoms with E-state index in [-0.39, 0.29) is 0 Å². The Hall–Kier alpha value is -0.530. The molecule has 0 aromatic rings. The number of hydrogen-bond donors (Lipinski definition) is 0. The van der Waals surface area contributed by atoms with E-state index in [1.807, 2.05) is 6.41 Å². The molecule has 0 unspecified atom stereocenters. The molecule has 0 heterocycles. The van der Waals surface area contributed by atoms with Gasteiger partial charge in [0.25, 0.3) is 0 Å². The highest BCUT2D eigenvalue weighted by Crippen LogP contribution is 2.10. The molecule has 2 heteroatoms. The van der Waals surface area contributed by atoms with Crippen LogP contribution in [0.2, 0.25) is 0 Å². The first-order valence-electron chi connectivity index (χ1n) is 7.97. The zero-order valence-corrected chi connectivity index (χ0v) is 12.5. The highest BCUT2D eigenvalue weighted by atomic mass is 16.1. The second-order valence-electron chi connectivity index (χ2n) is 5.26. The molecule has 0 saturated carbocycles. The topological polar surface area (TPSA) is 20.3 Å². The summed E-state index contributed by atoms with van der Waals surface area (Å²) in [7, 11) is 0. The van der Waals surface area contributed by atoms with Crippen molar-refractivity contribution in [3.63, 3.8) is 0 Å². The number of unbranched alkanes of at least 4 members (excludes halogenated alkanes) is 9. The molecule has 18 heavy (non-hydrogen) atoms. The molecule has 0 N–H and O–H groups in total. The SMILES string of the molecule is CCCCCCCCCCCCN([C]=O)CCC. The highest BCUT2D eigenvalue weighted by Gasteiger charge is 2.00. The lowest BCUT2D eigenvalue weighted by Gasteiger charge is -2.14. The van der Waals surface area contributed by atoms with Crippen molar-refractivity contribution in [2.45, 2.75) is 84.5 Å². The first-order valence-corrected chi connectivity index (χ1v) is 7.97. The fraction of sp³-hybridized carbons (Fsp3) is 0.938. The lowest BCUT2D eigenvalue weighted by molar-refractivity contribution is 0.367. The van der Waals surface area contributed by atoms with Crippen LogP contribution in [0.1, 0.15) is 84.5 Å². The second-order valence-corrected chi connectivity index (χ2v) is 5.26. The molecule has 0 aliphatic heterocycles. The molecule has 1 amide bonds. The van der Waals surface area contributed by atoms with Crippen LogP contribution in [0.3, 0.4) is 0 Å². The Kier molecular flexibility index (Phi) is 14.1. The Morgan fingerprint density at radius 2 is 1.17 bits per heavy atom. The number of nitrogens with zero attached hydrogens (tertiary/aromatic N) is 1. The summed E-state index contributed by atoms with van der Waals surface area (Å²) in [5.74, 6) is 0. The lowest BCUT2D eigenvalue weighted by Crippen LogP contribution is -2.23. The van der Waals surface area contributed by atoms with Crippen molar-refractivity contribution in [2.75, 3.05) is 13.1 Å². The smallest absolute Gasteiger partial charge is 0.312 e. The van der Waals surface area contributed by atoms with Crippen LogP contribution in [0.5, 0.6) is 0 Å². The molecular formula is C16H32NO. The molecule has 0 aromatic carbocycles. The molecule has 0 rings (SSSR count). The summed E-state index contributed by atoms with van der Waals surface area (Å²) in [5.41, 5.74) is 0. The standard InChI is InChI=1S/C16H32NO/c1-3-5-6-7-8-9-10-11-12-13-15-17(16-18)14-4-2/h3-15H2,1-2H3. The van der Waals surface area contributed by atoms with E-state index in [4.69, 9.17) is 0 Å². The van der Waals surface area contributed by atoms with Crippen molar-refractivity contribution in [3.05, 3.63) is 0 Å². The molecule has 0 atom stereocenters. The van der Waals surface area contributed by atoms with Crippen molar-refractivity contribution in [1.29, 1.82) is 0 Å². The van der Waals surface area contributed by atoms with Crippen LogP contribution in [0.4, 0.5) is 0 Å². The predicted octanol–water partition coefficient (Wildman–Crippen LogP) is 4.69. The van der Waals surface area contributed by atoms with E-state index < -0.39 is 0 Å². The third kappa shape index (κ3) is 11.9. The average Bonchev–Trinajstić information content (AvgIpc) is 2.39. The van der Waals surface area contributed by atoms with E-state index in [2.05, 4.69) is 13.8 Å². The largest absolute Gasteiger partial charge is 0.334 e. The summed E-state index contributed by atoms with van der Waals surface area (Å²) >= 11 is 0. The minimum Gasteiger partial charge on any atom is -0.334 e. The van der Waals surface area contributed by atoms with Gasteiger partial charge in [-0.1, -0.05) is 71.6 Å². The van der Waals surface area contributed by atoms with Crippen LogP contribution in [0.25, 0.3) is 0 Å². The van der Waals surface area contributed by atoms with E-state index in [0.717, 1.165) is 25.9 Å². The molecule has 0 spiro atoms. The number of amides is 1. The zero-order valence-electron chi connectivity index (χ0n) is 12.5. The molecule has 0 aliphatic rings. The van der Waals surface area contributed by atoms with Gasteiger partial charge in [-0.15, -0.1) is 0 Å². The van der Waals surface area contributed by atoms with Gasteiger partial charge >= 0.3 is 6.41 Å². The van der Waals surface area contributed by atoms with Crippen molar-refractivity contribution in [2.24, 2.45) is 0 Å². The maximum Gasteiger partial charge on any atom is 0.312 e. The molecule has 0 fully saturated rings. The predicted molar refractivity (Wildman–Crippen MR) is 79.4 cm³/mol. The minimum atomic E-state index is 0.862. The fourth-order valence-electron chi connectivity index (χ4n) is 2.26. The molecule has 107 valence electrons. The van der Waals surface area contributed by atoms with Crippen LogP contribution >= 0.6 is 0 Å². The molecule has 0 saturated heterocycles. The van der Waals surface area contributed by atoms with E-state index in [1.54, 1.807) is 4.90 Å². The lowest BCUT2D eigenvalue weighted by atomic mass is 10.1. The van der Waals surface area contributed by atoms with E-state index >= 15 is 0 Å². The summed E-state index contributed by atoms with van der Waals surface area (Å²) in [4.78, 5) is 12.4. The minimum absolute atomic E-state index is 0.862. The van der Waals surface area contributed by atoms with Gasteiger partial charge in [-0.3, -0.25) is 4.79 Å². The van der Waals surface area contributed by atoms with Crippen LogP contribution in [0, 0.1) is 0 Å². The maximum absolute atomic E-state index is 10.6. The third-order valence-electron chi connectivity index (χ3n) is 3.40. The van der Waals surface area contributed by atoms with Crippen LogP contribution < -0.4 is 0 Å². The maximum atomic E-state index is 10.6. The van der Waals surface area contributed by atoms with Crippen molar-refractivity contribution in [3.8, 4) is 0 Å². The molecule has 2 nitrogen and oxygen atoms in total. The van der Waals surface area contributed by atoms with E-state index in [1.165, 1.54) is 57.8 Å². The first-order chi connectivity index (χ1) is 8.85. The Morgan fingerprint density at radius 3 is 1.61 bits per heavy atom. The summed E-state index contributed by atoms with van der Waals surface area (Å²) in [6.07, 6.45) is 16.5. The van der Waals surface area contributed by atoms with Gasteiger partial charge in [0.05, 0.1) is 0 Å². The fourth-order valence-corrected chi connectivity index (χ4v) is 2.26. The monoisotopic (exact) mass is 254 g/mol. The van der Waals surface area contributed by atoms with Gasteiger partial charge in [0.2, 0.25) is 0 Å². The Labute approximate surface area is 114 Å². The van der Waals surface area contributed by atoms with Crippen LogP contribution in [0.15, 0.2) is 0 Å². The van der Waals surface area contributed by atoms with Gasteiger partial charge < -0.3 is 4.90 Å². The molecule has 0 aromatic heterocycles. The van der Waals surface area contributed by atoms with Crippen molar-refractivity contribution < 1.29 is 4.79 Å². The van der Waals surface area contributed by atoms with Gasteiger partial charge in [-0.25, -0.2) is 0 Å². The van der Waals surface area contributed by atoms with Gasteiger partial charge in [-0.05, 0) is 12.8 Å². The average molecular weight is 254 g/mol. The quantitative estimate of drug-likeness (QED) is 0.325. The van der Waals surface area contributed by atoms with Crippen LogP contribution in [-0.2, 0) is 4.79 Å². The first kappa shape index (κ1) is 17.5. The molecule has 0 bridgehead atoms. The van der Waals surface area contributed by atoms with E-state index in [9.17, 15) is 4.79 Å². The Morgan fingerprint density at radius 1 is 0.667 bits per heavy atom. The number of carbonyl (C=O) groups excluding carboxylic acids is 1. The summed E-state index contributed by atoms with van der Waals surface area (Å²) in [6.45, 7) is 6.12. The highest BCUT2D eigenvalue weighted by molar-refractivity contribution is 5.47. The molecule has 0 aliphatic carbocycles. The van der Waals surface area contributed by atoms with E-state index in [0.29, 0.717) is 0 Å². The number of rotatable bonds is 14. The third-order valence-corrected chi connectivity index (χ3v) is 3.40.